The van der Waals surface area contributed by atoms with Crippen molar-refractivity contribution in [1.29, 1.82) is 0 Å². The number of guanidine groups is 2. The predicted octanol–water partition coefficient (Wildman–Crippen LogP) is 3.90. The molecule has 0 saturated carbocycles. The van der Waals surface area contributed by atoms with Crippen LogP contribution in [-0.2, 0) is 6.18 Å². The third kappa shape index (κ3) is 5.06. The van der Waals surface area contributed by atoms with E-state index in [-0.39, 0.29) is 16.6 Å². The standard InChI is InChI=1S/C15H10BrF6N5O/c16-7-3-6(17)4-10(26-14(25)27-13(23)24)11(7)28-12-8(18)1-5(2-9(12)19)15(20,21)22/h1-4H,(H6,23,24,25,26,27). The summed E-state index contributed by atoms with van der Waals surface area (Å²) in [4.78, 5) is 7.05. The van der Waals surface area contributed by atoms with Crippen molar-refractivity contribution in [1.82, 2.24) is 0 Å². The molecule has 150 valence electrons. The summed E-state index contributed by atoms with van der Waals surface area (Å²) in [6.07, 6.45) is -4.97. The van der Waals surface area contributed by atoms with Gasteiger partial charge in [0.25, 0.3) is 0 Å². The van der Waals surface area contributed by atoms with Gasteiger partial charge in [0.05, 0.1) is 10.0 Å². The minimum Gasteiger partial charge on any atom is -0.448 e. The van der Waals surface area contributed by atoms with Crippen molar-refractivity contribution in [2.45, 2.75) is 6.18 Å². The molecule has 0 atom stereocenters. The van der Waals surface area contributed by atoms with Crippen LogP contribution in [0, 0.1) is 17.5 Å². The molecule has 0 radical (unpaired) electrons. The van der Waals surface area contributed by atoms with Crippen LogP contribution in [0.25, 0.3) is 0 Å². The van der Waals surface area contributed by atoms with Crippen LogP contribution < -0.4 is 21.9 Å². The van der Waals surface area contributed by atoms with Gasteiger partial charge in [0.2, 0.25) is 5.96 Å². The molecule has 2 aromatic carbocycles. The molecule has 0 fully saturated rings. The number of halogens is 7. The van der Waals surface area contributed by atoms with E-state index in [9.17, 15) is 26.3 Å². The highest BCUT2D eigenvalue weighted by Gasteiger charge is 2.33. The molecule has 0 saturated heterocycles. The van der Waals surface area contributed by atoms with Gasteiger partial charge in [-0.15, -0.1) is 0 Å². The Kier molecular flexibility index (Phi) is 6.07. The maximum atomic E-state index is 14.0. The maximum absolute atomic E-state index is 14.0. The lowest BCUT2D eigenvalue weighted by molar-refractivity contribution is -0.138. The highest BCUT2D eigenvalue weighted by atomic mass is 79.9. The van der Waals surface area contributed by atoms with Crippen LogP contribution in [-0.4, -0.2) is 11.9 Å². The van der Waals surface area contributed by atoms with Crippen LogP contribution in [0.15, 0.2) is 38.7 Å². The number of aliphatic imine (C=N–C) groups is 2. The van der Waals surface area contributed by atoms with Crippen molar-refractivity contribution in [2.24, 2.45) is 27.2 Å². The van der Waals surface area contributed by atoms with E-state index < -0.39 is 58.3 Å². The maximum Gasteiger partial charge on any atom is 0.416 e. The molecule has 6 nitrogen and oxygen atoms in total. The highest BCUT2D eigenvalue weighted by molar-refractivity contribution is 9.10. The molecule has 0 unspecified atom stereocenters. The smallest absolute Gasteiger partial charge is 0.416 e. The first-order valence-electron chi connectivity index (χ1n) is 7.05. The van der Waals surface area contributed by atoms with Crippen molar-refractivity contribution >= 4 is 33.5 Å². The summed E-state index contributed by atoms with van der Waals surface area (Å²) < 4.78 is 84.5. The molecular weight excluding hydrogens is 460 g/mol. The highest BCUT2D eigenvalue weighted by Crippen LogP contribution is 2.42. The van der Waals surface area contributed by atoms with Crippen LogP contribution in [0.5, 0.6) is 11.5 Å². The van der Waals surface area contributed by atoms with E-state index in [2.05, 4.69) is 25.9 Å². The van der Waals surface area contributed by atoms with Crippen molar-refractivity contribution in [3.8, 4) is 11.5 Å². The quantitative estimate of drug-likeness (QED) is 0.359. The van der Waals surface area contributed by atoms with Gasteiger partial charge in [-0.05, 0) is 34.1 Å². The average Bonchev–Trinajstić information content (AvgIpc) is 2.50. The van der Waals surface area contributed by atoms with E-state index in [0.29, 0.717) is 0 Å². The van der Waals surface area contributed by atoms with Gasteiger partial charge < -0.3 is 21.9 Å². The van der Waals surface area contributed by atoms with Gasteiger partial charge >= 0.3 is 6.18 Å². The molecule has 0 heterocycles. The minimum atomic E-state index is -4.97. The fourth-order valence-electron chi connectivity index (χ4n) is 1.93. The van der Waals surface area contributed by atoms with Crippen molar-refractivity contribution in [3.63, 3.8) is 0 Å². The predicted molar refractivity (Wildman–Crippen MR) is 92.6 cm³/mol. The molecular formula is C15H10BrF6N5O. The van der Waals surface area contributed by atoms with E-state index >= 15 is 0 Å². The molecule has 0 aromatic heterocycles. The summed E-state index contributed by atoms with van der Waals surface area (Å²) in [5.74, 6) is -6.77. The number of rotatable bonds is 3. The number of ether oxygens (including phenoxy) is 1. The number of hydrogen-bond acceptors (Lipinski definition) is 2. The molecule has 0 amide bonds. The zero-order chi connectivity index (χ0) is 21.2. The van der Waals surface area contributed by atoms with Crippen LogP contribution >= 0.6 is 15.9 Å². The van der Waals surface area contributed by atoms with E-state index in [0.717, 1.165) is 12.1 Å². The van der Waals surface area contributed by atoms with Gasteiger partial charge in [0.1, 0.15) is 11.5 Å². The molecule has 13 heteroatoms. The molecule has 0 aliphatic carbocycles. The van der Waals surface area contributed by atoms with E-state index in [1.165, 1.54) is 0 Å². The van der Waals surface area contributed by atoms with Gasteiger partial charge in [0.15, 0.2) is 29.1 Å². The lowest BCUT2D eigenvalue weighted by Gasteiger charge is -2.14. The third-order valence-electron chi connectivity index (χ3n) is 3.00. The number of hydrogen-bond donors (Lipinski definition) is 3. The van der Waals surface area contributed by atoms with Gasteiger partial charge in [-0.25, -0.2) is 18.2 Å². The van der Waals surface area contributed by atoms with Crippen LogP contribution in [0.1, 0.15) is 5.56 Å². The monoisotopic (exact) mass is 469 g/mol. The fourth-order valence-corrected chi connectivity index (χ4v) is 2.44. The average molecular weight is 470 g/mol. The van der Waals surface area contributed by atoms with Gasteiger partial charge in [-0.3, -0.25) is 0 Å². The fraction of sp³-hybridized carbons (Fsp3) is 0.0667. The zero-order valence-electron chi connectivity index (χ0n) is 13.5. The molecule has 2 rings (SSSR count). The number of nitrogens with two attached hydrogens (primary N) is 3. The normalized spacial score (nSPS) is 12.0. The Morgan fingerprint density at radius 3 is 2.00 bits per heavy atom. The second-order valence-electron chi connectivity index (χ2n) is 5.11. The first-order chi connectivity index (χ1) is 12.9. The Hall–Kier alpha value is -2.96. The molecule has 0 aliphatic rings. The van der Waals surface area contributed by atoms with Crippen molar-refractivity contribution < 1.29 is 31.1 Å². The zero-order valence-corrected chi connectivity index (χ0v) is 15.1. The number of benzene rings is 2. The largest absolute Gasteiger partial charge is 0.448 e. The second-order valence-corrected chi connectivity index (χ2v) is 5.97. The Morgan fingerprint density at radius 1 is 0.929 bits per heavy atom. The SMILES string of the molecule is NC(N)=NC(N)=Nc1cc(F)cc(Br)c1Oc1c(F)cc(C(F)(F)F)cc1F. The molecule has 28 heavy (non-hydrogen) atoms. The summed E-state index contributed by atoms with van der Waals surface area (Å²) in [5, 5.41) is 0. The molecule has 0 aliphatic heterocycles. The van der Waals surface area contributed by atoms with E-state index in [1.807, 2.05) is 0 Å². The summed E-state index contributed by atoms with van der Waals surface area (Å²) in [7, 11) is 0. The number of alkyl halides is 3. The summed E-state index contributed by atoms with van der Waals surface area (Å²) in [6, 6.07) is 1.74. The minimum absolute atomic E-state index is 0.0482. The summed E-state index contributed by atoms with van der Waals surface area (Å²) in [5.41, 5.74) is 13.7. The van der Waals surface area contributed by atoms with E-state index in [1.54, 1.807) is 0 Å². The Bertz CT molecular complexity index is 949. The molecule has 6 N–H and O–H groups in total. The van der Waals surface area contributed by atoms with Crippen molar-refractivity contribution in [2.75, 3.05) is 0 Å². The first-order valence-corrected chi connectivity index (χ1v) is 7.84. The summed E-state index contributed by atoms with van der Waals surface area (Å²) in [6.45, 7) is 0. The summed E-state index contributed by atoms with van der Waals surface area (Å²) >= 11 is 2.91. The Balaban J connectivity index is 2.57. The third-order valence-corrected chi connectivity index (χ3v) is 3.59. The molecule has 2 aromatic rings. The van der Waals surface area contributed by atoms with Gasteiger partial charge in [0, 0.05) is 6.07 Å². The lowest BCUT2D eigenvalue weighted by Crippen LogP contribution is -2.26. The lowest BCUT2D eigenvalue weighted by atomic mass is 10.2. The van der Waals surface area contributed by atoms with Gasteiger partial charge in [-0.1, -0.05) is 0 Å². The van der Waals surface area contributed by atoms with Gasteiger partial charge in [-0.2, -0.15) is 18.2 Å². The Morgan fingerprint density at radius 2 is 1.50 bits per heavy atom. The van der Waals surface area contributed by atoms with E-state index in [4.69, 9.17) is 21.9 Å². The molecule has 0 bridgehead atoms. The first kappa shape index (κ1) is 21.3. The second kappa shape index (κ2) is 7.96. The van der Waals surface area contributed by atoms with Crippen LogP contribution in [0.3, 0.4) is 0 Å². The van der Waals surface area contributed by atoms with Crippen LogP contribution in [0.2, 0.25) is 0 Å². The number of nitrogens with zero attached hydrogens (tertiary/aromatic N) is 2. The van der Waals surface area contributed by atoms with Crippen molar-refractivity contribution in [3.05, 3.63) is 51.8 Å². The molecule has 0 spiro atoms. The van der Waals surface area contributed by atoms with Crippen LogP contribution in [0.4, 0.5) is 32.0 Å². The Labute approximate surface area is 161 Å². The topological polar surface area (TPSA) is 112 Å².